The van der Waals surface area contributed by atoms with Gasteiger partial charge in [-0.1, -0.05) is 60.7 Å². The monoisotopic (exact) mass is 468 g/mol. The average Bonchev–Trinajstić information content (AvgIpc) is 2.91. The number of rotatable bonds is 9. The van der Waals surface area contributed by atoms with Crippen LogP contribution < -0.4 is 10.1 Å². The highest BCUT2D eigenvalue weighted by Crippen LogP contribution is 2.29. The van der Waals surface area contributed by atoms with Gasteiger partial charge in [0, 0.05) is 19.0 Å². The second-order valence-electron chi connectivity index (χ2n) is 8.15. The van der Waals surface area contributed by atoms with E-state index in [2.05, 4.69) is 10.3 Å². The predicted molar refractivity (Wildman–Crippen MR) is 139 cm³/mol. The number of aromatic nitrogens is 1. The van der Waals surface area contributed by atoms with Crippen molar-refractivity contribution in [2.24, 2.45) is 0 Å². The van der Waals surface area contributed by atoms with Crippen LogP contribution in [-0.4, -0.2) is 36.8 Å². The topological polar surface area (TPSA) is 80.7 Å². The van der Waals surface area contributed by atoms with Crippen molar-refractivity contribution in [3.8, 4) is 5.88 Å². The minimum Gasteiger partial charge on any atom is -0.481 e. The zero-order chi connectivity index (χ0) is 24.6. The maximum absolute atomic E-state index is 11.8. The molecule has 3 aromatic carbocycles. The van der Waals surface area contributed by atoms with E-state index in [1.807, 2.05) is 66.7 Å². The summed E-state index contributed by atoms with van der Waals surface area (Å²) in [6.45, 7) is 0.509. The molecule has 4 rings (SSSR count). The van der Waals surface area contributed by atoms with E-state index in [0.717, 1.165) is 33.2 Å². The highest BCUT2D eigenvalue weighted by Gasteiger charge is 2.14. The normalized spacial score (nSPS) is 12.3. The van der Waals surface area contributed by atoms with Gasteiger partial charge in [0.2, 0.25) is 5.88 Å². The molecule has 6 heteroatoms. The number of benzene rings is 3. The lowest BCUT2D eigenvalue weighted by atomic mass is 9.95. The van der Waals surface area contributed by atoms with Crippen molar-refractivity contribution in [3.63, 3.8) is 0 Å². The molecular weight excluding hydrogens is 440 g/mol. The number of nitrogens with zero attached hydrogens (tertiary/aromatic N) is 1. The van der Waals surface area contributed by atoms with Crippen molar-refractivity contribution >= 4 is 28.5 Å². The summed E-state index contributed by atoms with van der Waals surface area (Å²) in [6.07, 6.45) is 3.49. The van der Waals surface area contributed by atoms with E-state index >= 15 is 0 Å². The Labute approximate surface area is 204 Å². The van der Waals surface area contributed by atoms with Crippen LogP contribution in [0.4, 0.5) is 5.69 Å². The van der Waals surface area contributed by atoms with Crippen LogP contribution in [-0.2, 0) is 4.74 Å². The number of anilines is 1. The van der Waals surface area contributed by atoms with E-state index in [4.69, 9.17) is 9.47 Å². The van der Waals surface area contributed by atoms with Crippen molar-refractivity contribution in [1.29, 1.82) is 0 Å². The molecule has 0 radical (unpaired) electrons. The fourth-order valence-corrected chi connectivity index (χ4v) is 3.97. The highest BCUT2D eigenvalue weighted by atomic mass is 16.5. The van der Waals surface area contributed by atoms with Crippen LogP contribution in [0.3, 0.4) is 0 Å². The van der Waals surface area contributed by atoms with Crippen LogP contribution in [0.25, 0.3) is 16.8 Å². The fraction of sp³-hybridized carbons (Fsp3) is 0.172. The molecule has 6 nitrogen and oxygen atoms in total. The molecule has 0 aliphatic heterocycles. The Morgan fingerprint density at radius 2 is 1.77 bits per heavy atom. The summed E-state index contributed by atoms with van der Waals surface area (Å²) in [6, 6.07) is 24.9. The number of methoxy groups -OCH3 is 2. The summed E-state index contributed by atoms with van der Waals surface area (Å²) in [7, 11) is 2.94. The van der Waals surface area contributed by atoms with Crippen molar-refractivity contribution in [2.45, 2.75) is 12.5 Å². The average molecular weight is 469 g/mol. The summed E-state index contributed by atoms with van der Waals surface area (Å²) in [5.41, 5.74) is 4.14. The molecule has 0 aliphatic carbocycles. The van der Waals surface area contributed by atoms with Crippen LogP contribution in [0.1, 0.15) is 34.0 Å². The van der Waals surface area contributed by atoms with Crippen LogP contribution >= 0.6 is 0 Å². The van der Waals surface area contributed by atoms with Crippen LogP contribution in [0.15, 0.2) is 90.6 Å². The quantitative estimate of drug-likeness (QED) is 0.309. The molecule has 1 heterocycles. The van der Waals surface area contributed by atoms with Crippen molar-refractivity contribution in [3.05, 3.63) is 107 Å². The molecule has 2 N–H and O–H groups in total. The SMILES string of the molecule is COC(=O)c1ccc(C=C(CNc2ccc(OC)nc2)CC(O)c2cccc3ccccc23)cc1. The number of aliphatic hydroxyl groups is 1. The van der Waals surface area contributed by atoms with Gasteiger partial charge in [-0.2, -0.15) is 0 Å². The standard InChI is InChI=1S/C29H28N2O4/c1-34-28-15-14-24(19-31-28)30-18-21(16-20-10-12-23(13-11-20)29(33)35-2)17-27(32)26-9-5-7-22-6-3-4-8-25(22)26/h3-16,19,27,30,32H,17-18H2,1-2H3. The zero-order valence-electron chi connectivity index (χ0n) is 19.8. The Hall–Kier alpha value is -4.16. The molecule has 0 saturated heterocycles. The van der Waals surface area contributed by atoms with E-state index in [1.54, 1.807) is 31.5 Å². The Morgan fingerprint density at radius 1 is 1.00 bits per heavy atom. The number of fused-ring (bicyclic) bond motifs is 1. The molecule has 4 aromatic rings. The smallest absolute Gasteiger partial charge is 0.337 e. The Morgan fingerprint density at radius 3 is 2.49 bits per heavy atom. The number of carbonyl (C=O) groups is 1. The minimum absolute atomic E-state index is 0.374. The molecule has 0 bridgehead atoms. The van der Waals surface area contributed by atoms with Gasteiger partial charge in [-0.15, -0.1) is 0 Å². The predicted octanol–water partition coefficient (Wildman–Crippen LogP) is 5.65. The number of aliphatic hydroxyl groups excluding tert-OH is 1. The Balaban J connectivity index is 1.59. The van der Waals surface area contributed by atoms with Gasteiger partial charge >= 0.3 is 5.97 Å². The number of carbonyl (C=O) groups excluding carboxylic acids is 1. The Kier molecular flexibility index (Phi) is 7.75. The molecule has 35 heavy (non-hydrogen) atoms. The van der Waals surface area contributed by atoms with Crippen LogP contribution in [0.5, 0.6) is 5.88 Å². The molecule has 1 atom stereocenters. The first-order valence-electron chi connectivity index (χ1n) is 11.3. The maximum Gasteiger partial charge on any atom is 0.337 e. The molecule has 1 unspecified atom stereocenters. The third-order valence-electron chi connectivity index (χ3n) is 5.81. The third kappa shape index (κ3) is 6.05. The molecule has 0 spiro atoms. The first-order chi connectivity index (χ1) is 17.1. The van der Waals surface area contributed by atoms with Gasteiger partial charge in [-0.3, -0.25) is 0 Å². The van der Waals surface area contributed by atoms with Crippen LogP contribution in [0, 0.1) is 0 Å². The molecular formula is C29H28N2O4. The van der Waals surface area contributed by atoms with Crippen molar-refractivity contribution < 1.29 is 19.4 Å². The van der Waals surface area contributed by atoms with E-state index in [9.17, 15) is 9.90 Å². The van der Waals surface area contributed by atoms with E-state index in [-0.39, 0.29) is 5.97 Å². The summed E-state index contributed by atoms with van der Waals surface area (Å²) in [4.78, 5) is 16.0. The second-order valence-corrected chi connectivity index (χ2v) is 8.15. The van der Waals surface area contributed by atoms with Crippen LogP contribution in [0.2, 0.25) is 0 Å². The van der Waals surface area contributed by atoms with Gasteiger partial charge in [0.1, 0.15) is 0 Å². The Bertz CT molecular complexity index is 1310. The number of hydrogen-bond acceptors (Lipinski definition) is 6. The second kappa shape index (κ2) is 11.3. The zero-order valence-corrected chi connectivity index (χ0v) is 19.8. The largest absolute Gasteiger partial charge is 0.481 e. The highest BCUT2D eigenvalue weighted by molar-refractivity contribution is 5.89. The summed E-state index contributed by atoms with van der Waals surface area (Å²) in [5.74, 6) is 0.171. The number of hydrogen-bond donors (Lipinski definition) is 2. The van der Waals surface area contributed by atoms with Gasteiger partial charge in [-0.05, 0) is 45.7 Å². The summed E-state index contributed by atoms with van der Waals surface area (Å²) < 4.78 is 9.91. The summed E-state index contributed by atoms with van der Waals surface area (Å²) >= 11 is 0. The van der Waals surface area contributed by atoms with E-state index in [1.165, 1.54) is 7.11 Å². The number of nitrogens with one attached hydrogen (secondary N) is 1. The summed E-state index contributed by atoms with van der Waals surface area (Å²) in [5, 5.41) is 16.7. The number of ether oxygens (including phenoxy) is 2. The first kappa shape index (κ1) is 24.0. The maximum atomic E-state index is 11.8. The third-order valence-corrected chi connectivity index (χ3v) is 5.81. The number of esters is 1. The van der Waals surface area contributed by atoms with Crippen molar-refractivity contribution in [2.75, 3.05) is 26.1 Å². The molecule has 0 saturated carbocycles. The van der Waals surface area contributed by atoms with Crippen molar-refractivity contribution in [1.82, 2.24) is 4.98 Å². The van der Waals surface area contributed by atoms with Gasteiger partial charge in [0.15, 0.2) is 0 Å². The fourth-order valence-electron chi connectivity index (χ4n) is 3.97. The minimum atomic E-state index is -0.683. The van der Waals surface area contributed by atoms with Gasteiger partial charge in [0.25, 0.3) is 0 Å². The molecule has 178 valence electrons. The lowest BCUT2D eigenvalue weighted by molar-refractivity contribution is 0.0600. The van der Waals surface area contributed by atoms with Gasteiger partial charge in [0.05, 0.1) is 37.8 Å². The van der Waals surface area contributed by atoms with Gasteiger partial charge < -0.3 is 19.9 Å². The molecule has 0 fully saturated rings. The molecule has 1 aromatic heterocycles. The molecule has 0 aliphatic rings. The number of pyridine rings is 1. The van der Waals surface area contributed by atoms with Gasteiger partial charge in [-0.25, -0.2) is 9.78 Å². The first-order valence-corrected chi connectivity index (χ1v) is 11.3. The molecule has 0 amide bonds. The van der Waals surface area contributed by atoms with E-state index < -0.39 is 6.10 Å². The van der Waals surface area contributed by atoms with E-state index in [0.29, 0.717) is 24.4 Å². The lowest BCUT2D eigenvalue weighted by Gasteiger charge is -2.17. The lowest BCUT2D eigenvalue weighted by Crippen LogP contribution is -2.09.